The van der Waals surface area contributed by atoms with E-state index in [2.05, 4.69) is 15.1 Å². The minimum Gasteiger partial charge on any atom is -0.361 e. The maximum Gasteiger partial charge on any atom is 0.253 e. The van der Waals surface area contributed by atoms with E-state index in [1.165, 1.54) is 0 Å². The third kappa shape index (κ3) is 3.61. The van der Waals surface area contributed by atoms with Gasteiger partial charge in [0.05, 0.1) is 0 Å². The fourth-order valence-electron chi connectivity index (χ4n) is 4.30. The molecule has 1 aliphatic heterocycles. The van der Waals surface area contributed by atoms with Gasteiger partial charge in [-0.25, -0.2) is 0 Å². The van der Waals surface area contributed by atoms with Crippen molar-refractivity contribution in [1.82, 2.24) is 20.0 Å². The van der Waals surface area contributed by atoms with E-state index in [4.69, 9.17) is 4.52 Å². The number of amides is 1. The van der Waals surface area contributed by atoms with Crippen molar-refractivity contribution in [3.63, 3.8) is 0 Å². The Labute approximate surface area is 174 Å². The number of H-pyrrole nitrogens is 1. The van der Waals surface area contributed by atoms with Gasteiger partial charge in [0.15, 0.2) is 0 Å². The second-order valence-electron chi connectivity index (χ2n) is 8.07. The molecule has 152 valence electrons. The topological polar surface area (TPSA) is 75.0 Å². The zero-order valence-corrected chi connectivity index (χ0v) is 17.0. The normalized spacial score (nSPS) is 16.8. The van der Waals surface area contributed by atoms with Gasteiger partial charge in [-0.05, 0) is 55.5 Å². The Bertz CT molecular complexity index is 1190. The first kappa shape index (κ1) is 18.6. The lowest BCUT2D eigenvalue weighted by molar-refractivity contribution is 0.0668. The van der Waals surface area contributed by atoms with E-state index in [9.17, 15) is 4.79 Å². The largest absolute Gasteiger partial charge is 0.361 e. The summed E-state index contributed by atoms with van der Waals surface area (Å²) in [5.41, 5.74) is 3.90. The van der Waals surface area contributed by atoms with Crippen LogP contribution in [0.3, 0.4) is 0 Å². The maximum atomic E-state index is 13.1. The second kappa shape index (κ2) is 7.78. The number of aromatic amines is 1. The van der Waals surface area contributed by atoms with Crippen LogP contribution in [-0.2, 0) is 6.42 Å². The summed E-state index contributed by atoms with van der Waals surface area (Å²) in [7, 11) is 0. The van der Waals surface area contributed by atoms with Crippen molar-refractivity contribution < 1.29 is 9.32 Å². The van der Waals surface area contributed by atoms with Crippen LogP contribution in [0.25, 0.3) is 22.3 Å². The molecule has 1 atom stereocenters. The number of likely N-dealkylation sites (tertiary alicyclic amines) is 1. The van der Waals surface area contributed by atoms with Crippen molar-refractivity contribution in [2.75, 3.05) is 13.1 Å². The quantitative estimate of drug-likeness (QED) is 0.542. The van der Waals surface area contributed by atoms with Crippen molar-refractivity contribution in [2.24, 2.45) is 5.92 Å². The van der Waals surface area contributed by atoms with E-state index in [1.54, 1.807) is 0 Å². The molecule has 0 saturated carbocycles. The number of aryl methyl sites for hydroxylation is 1. The molecule has 1 saturated heterocycles. The number of fused-ring (bicyclic) bond motifs is 1. The van der Waals surface area contributed by atoms with E-state index < -0.39 is 0 Å². The first-order valence-corrected chi connectivity index (χ1v) is 10.4. The number of nitrogens with zero attached hydrogens (tertiary/aromatic N) is 3. The summed E-state index contributed by atoms with van der Waals surface area (Å²) in [6, 6.07) is 15.9. The van der Waals surface area contributed by atoms with Crippen LogP contribution in [0.5, 0.6) is 0 Å². The molecule has 5 rings (SSSR count). The van der Waals surface area contributed by atoms with Gasteiger partial charge >= 0.3 is 0 Å². The van der Waals surface area contributed by atoms with Crippen LogP contribution >= 0.6 is 0 Å². The summed E-state index contributed by atoms with van der Waals surface area (Å²) in [6.07, 6.45) is 4.63. The van der Waals surface area contributed by atoms with Crippen molar-refractivity contribution in [2.45, 2.75) is 26.2 Å². The third-order valence-corrected chi connectivity index (χ3v) is 5.92. The summed E-state index contributed by atoms with van der Waals surface area (Å²) >= 11 is 0. The number of hydrogen-bond donors (Lipinski definition) is 1. The lowest BCUT2D eigenvalue weighted by atomic mass is 9.94. The Morgan fingerprint density at radius 2 is 2.13 bits per heavy atom. The van der Waals surface area contributed by atoms with Crippen molar-refractivity contribution in [1.29, 1.82) is 0 Å². The van der Waals surface area contributed by atoms with Gasteiger partial charge in [0.2, 0.25) is 11.7 Å². The minimum absolute atomic E-state index is 0.0916. The highest BCUT2D eigenvalue weighted by Crippen LogP contribution is 2.25. The Morgan fingerprint density at radius 3 is 3.03 bits per heavy atom. The van der Waals surface area contributed by atoms with Crippen LogP contribution in [0.4, 0.5) is 0 Å². The van der Waals surface area contributed by atoms with Crippen molar-refractivity contribution >= 4 is 16.8 Å². The molecule has 0 aliphatic carbocycles. The number of hydrogen-bond acceptors (Lipinski definition) is 4. The van der Waals surface area contributed by atoms with Crippen molar-refractivity contribution in [3.05, 3.63) is 71.7 Å². The lowest BCUT2D eigenvalue weighted by Crippen LogP contribution is -2.40. The van der Waals surface area contributed by atoms with E-state index in [-0.39, 0.29) is 5.91 Å². The molecule has 1 amide bonds. The Balaban J connectivity index is 1.28. The lowest BCUT2D eigenvalue weighted by Gasteiger charge is -2.32. The van der Waals surface area contributed by atoms with Crippen LogP contribution in [0.1, 0.15) is 34.7 Å². The number of benzene rings is 2. The van der Waals surface area contributed by atoms with Crippen molar-refractivity contribution in [3.8, 4) is 11.4 Å². The minimum atomic E-state index is 0.0916. The smallest absolute Gasteiger partial charge is 0.253 e. The molecule has 0 unspecified atom stereocenters. The molecular weight excluding hydrogens is 376 g/mol. The number of nitrogens with one attached hydrogen (secondary N) is 1. The van der Waals surface area contributed by atoms with Gasteiger partial charge in [0.1, 0.15) is 0 Å². The van der Waals surface area contributed by atoms with Gasteiger partial charge in [0, 0.05) is 47.7 Å². The molecule has 0 radical (unpaired) electrons. The number of piperidine rings is 1. The van der Waals surface area contributed by atoms with Crippen LogP contribution in [0.15, 0.2) is 59.3 Å². The van der Waals surface area contributed by atoms with E-state index in [0.717, 1.165) is 47.0 Å². The molecule has 0 bridgehead atoms. The summed E-state index contributed by atoms with van der Waals surface area (Å²) in [5.74, 6) is 1.69. The fourth-order valence-corrected chi connectivity index (χ4v) is 4.30. The molecule has 6 heteroatoms. The molecule has 0 spiro atoms. The summed E-state index contributed by atoms with van der Waals surface area (Å²) in [4.78, 5) is 22.8. The standard InChI is InChI=1S/C24H24N4O2/c1-16-5-2-3-7-20(16)23-26-22(30-27-23)13-17-6-4-12-28(15-17)24(29)19-8-9-21-18(14-19)10-11-25-21/h2-3,5,7-11,14,17,25H,4,6,12-13,15H2,1H3/t17-/m0/s1. The molecule has 4 aromatic rings. The molecule has 1 aliphatic rings. The molecule has 2 aromatic carbocycles. The zero-order valence-electron chi connectivity index (χ0n) is 17.0. The molecule has 6 nitrogen and oxygen atoms in total. The van der Waals surface area contributed by atoms with Gasteiger partial charge < -0.3 is 14.4 Å². The average molecular weight is 400 g/mol. The van der Waals surface area contributed by atoms with Gasteiger partial charge in [-0.3, -0.25) is 4.79 Å². The van der Waals surface area contributed by atoms with Gasteiger partial charge in [-0.2, -0.15) is 4.98 Å². The van der Waals surface area contributed by atoms with Crippen LogP contribution in [0.2, 0.25) is 0 Å². The average Bonchev–Trinajstić information content (AvgIpc) is 3.42. The Hall–Kier alpha value is -3.41. The van der Waals surface area contributed by atoms with Gasteiger partial charge in [-0.15, -0.1) is 0 Å². The maximum absolute atomic E-state index is 13.1. The van der Waals surface area contributed by atoms with E-state index in [0.29, 0.717) is 30.6 Å². The van der Waals surface area contributed by atoms with E-state index in [1.807, 2.05) is 66.6 Å². The summed E-state index contributed by atoms with van der Waals surface area (Å²) in [6.45, 7) is 3.55. The second-order valence-corrected chi connectivity index (χ2v) is 8.07. The number of carbonyl (C=O) groups excluding carboxylic acids is 1. The summed E-state index contributed by atoms with van der Waals surface area (Å²) < 4.78 is 5.53. The zero-order chi connectivity index (χ0) is 20.5. The predicted molar refractivity (Wildman–Crippen MR) is 115 cm³/mol. The SMILES string of the molecule is Cc1ccccc1-c1noc(C[C@@H]2CCCN(C(=O)c3ccc4[nH]ccc4c3)C2)n1. The molecule has 1 fully saturated rings. The highest BCUT2D eigenvalue weighted by molar-refractivity contribution is 5.98. The highest BCUT2D eigenvalue weighted by Gasteiger charge is 2.26. The fraction of sp³-hybridized carbons (Fsp3) is 0.292. The predicted octanol–water partition coefficient (Wildman–Crippen LogP) is 4.62. The molecule has 1 N–H and O–H groups in total. The number of aromatic nitrogens is 3. The van der Waals surface area contributed by atoms with Crippen LogP contribution < -0.4 is 0 Å². The van der Waals surface area contributed by atoms with Gasteiger partial charge in [-0.1, -0.05) is 29.4 Å². The molecule has 3 heterocycles. The number of carbonyl (C=O) groups is 1. The van der Waals surface area contributed by atoms with E-state index >= 15 is 0 Å². The van der Waals surface area contributed by atoms with Crippen LogP contribution in [0, 0.1) is 12.8 Å². The number of rotatable bonds is 4. The molecule has 2 aromatic heterocycles. The third-order valence-electron chi connectivity index (χ3n) is 5.92. The Kier molecular flexibility index (Phi) is 4.83. The first-order chi connectivity index (χ1) is 14.7. The monoisotopic (exact) mass is 400 g/mol. The van der Waals surface area contributed by atoms with Crippen LogP contribution in [-0.4, -0.2) is 39.0 Å². The summed E-state index contributed by atoms with van der Waals surface area (Å²) in [5, 5.41) is 5.23. The Morgan fingerprint density at radius 1 is 1.23 bits per heavy atom. The van der Waals surface area contributed by atoms with Gasteiger partial charge in [0.25, 0.3) is 5.91 Å². The molecular formula is C24H24N4O2. The highest BCUT2D eigenvalue weighted by atomic mass is 16.5. The molecule has 30 heavy (non-hydrogen) atoms. The first-order valence-electron chi connectivity index (χ1n) is 10.4.